The molecule has 2 rings (SSSR count). The Bertz CT molecular complexity index is 263. The Balaban J connectivity index is 1.96. The summed E-state index contributed by atoms with van der Waals surface area (Å²) in [5.41, 5.74) is 1.17. The van der Waals surface area contributed by atoms with Gasteiger partial charge in [0.05, 0.1) is 23.6 Å². The Morgan fingerprint density at radius 1 is 1.62 bits per heavy atom. The summed E-state index contributed by atoms with van der Waals surface area (Å²) < 4.78 is 8.28. The summed E-state index contributed by atoms with van der Waals surface area (Å²) in [7, 11) is 0. The highest BCUT2D eigenvalue weighted by Gasteiger charge is 2.31. The lowest BCUT2D eigenvalue weighted by Crippen LogP contribution is -2.12. The second-order valence-electron chi connectivity index (χ2n) is 3.82. The van der Waals surface area contributed by atoms with Crippen LogP contribution in [0.25, 0.3) is 0 Å². The molecule has 1 heterocycles. The molecule has 1 aromatic rings. The molecule has 0 radical (unpaired) electrons. The Morgan fingerprint density at radius 2 is 2.46 bits per heavy atom. The molecule has 13 heavy (non-hydrogen) atoms. The largest absolute Gasteiger partial charge is 0.181 e. The fourth-order valence-electron chi connectivity index (χ4n) is 2.02. The number of hydrogen-bond donors (Lipinski definition) is 0. The first-order valence-electron chi connectivity index (χ1n) is 4.68. The molecule has 1 aliphatic carbocycles. The van der Waals surface area contributed by atoms with E-state index in [0.29, 0.717) is 4.83 Å². The maximum Gasteiger partial charge on any atom is 0.0745 e. The Kier molecular flexibility index (Phi) is 2.99. The summed E-state index contributed by atoms with van der Waals surface area (Å²) in [4.78, 5) is 0.712. The van der Waals surface area contributed by atoms with Crippen LogP contribution in [0.1, 0.15) is 25.5 Å². The van der Waals surface area contributed by atoms with Gasteiger partial charge >= 0.3 is 0 Å². The maximum absolute atomic E-state index is 4.25. The molecule has 1 fully saturated rings. The average Bonchev–Trinajstić information content (AvgIpc) is 2.71. The molecular formula is C9H13BrN2S. The van der Waals surface area contributed by atoms with Gasteiger partial charge in [0.15, 0.2) is 0 Å². The van der Waals surface area contributed by atoms with Gasteiger partial charge in [-0.05, 0) is 31.1 Å². The van der Waals surface area contributed by atoms with Crippen molar-refractivity contribution < 1.29 is 0 Å². The number of aromatic nitrogens is 2. The Labute approximate surface area is 91.2 Å². The van der Waals surface area contributed by atoms with Crippen molar-refractivity contribution in [2.75, 3.05) is 0 Å². The highest BCUT2D eigenvalue weighted by molar-refractivity contribution is 9.09. The predicted molar refractivity (Wildman–Crippen MR) is 58.2 cm³/mol. The fourth-order valence-corrected chi connectivity index (χ4v) is 3.16. The van der Waals surface area contributed by atoms with E-state index in [1.807, 2.05) is 6.20 Å². The van der Waals surface area contributed by atoms with Crippen LogP contribution in [-0.2, 0) is 6.42 Å². The molecule has 3 unspecified atom stereocenters. The highest BCUT2D eigenvalue weighted by Crippen LogP contribution is 2.37. The van der Waals surface area contributed by atoms with E-state index in [9.17, 15) is 0 Å². The van der Waals surface area contributed by atoms with Crippen molar-refractivity contribution in [2.45, 2.75) is 31.0 Å². The Hall–Kier alpha value is 0.0400. The van der Waals surface area contributed by atoms with Gasteiger partial charge in [0.25, 0.3) is 0 Å². The second kappa shape index (κ2) is 4.05. The van der Waals surface area contributed by atoms with Gasteiger partial charge in [0.1, 0.15) is 0 Å². The SMILES string of the molecule is CC1C(Br)CCC1Cc1cnsn1. The standard InChI is InChI=1S/C9H13BrN2S/c1-6-7(2-3-9(6)10)4-8-5-11-13-12-8/h5-7,9H,2-4H2,1H3. The molecule has 1 saturated carbocycles. The summed E-state index contributed by atoms with van der Waals surface area (Å²) in [6.45, 7) is 2.33. The summed E-state index contributed by atoms with van der Waals surface area (Å²) >= 11 is 5.03. The molecule has 0 spiro atoms. The summed E-state index contributed by atoms with van der Waals surface area (Å²) in [5.74, 6) is 1.58. The van der Waals surface area contributed by atoms with Crippen LogP contribution in [0.3, 0.4) is 0 Å². The minimum Gasteiger partial charge on any atom is -0.181 e. The van der Waals surface area contributed by atoms with Crippen molar-refractivity contribution in [2.24, 2.45) is 11.8 Å². The van der Waals surface area contributed by atoms with Crippen molar-refractivity contribution in [1.82, 2.24) is 8.75 Å². The van der Waals surface area contributed by atoms with E-state index in [0.717, 1.165) is 18.3 Å². The summed E-state index contributed by atoms with van der Waals surface area (Å²) in [6, 6.07) is 0. The quantitative estimate of drug-likeness (QED) is 0.765. The van der Waals surface area contributed by atoms with Gasteiger partial charge in [-0.15, -0.1) is 0 Å². The lowest BCUT2D eigenvalue weighted by molar-refractivity contribution is 0.420. The van der Waals surface area contributed by atoms with Gasteiger partial charge in [-0.1, -0.05) is 22.9 Å². The van der Waals surface area contributed by atoms with Gasteiger partial charge in [-0.25, -0.2) is 0 Å². The molecule has 0 amide bonds. The molecule has 2 nitrogen and oxygen atoms in total. The van der Waals surface area contributed by atoms with E-state index in [1.165, 1.54) is 30.3 Å². The number of halogens is 1. The van der Waals surface area contributed by atoms with Crippen LogP contribution in [0.2, 0.25) is 0 Å². The monoisotopic (exact) mass is 260 g/mol. The van der Waals surface area contributed by atoms with Crippen molar-refractivity contribution in [1.29, 1.82) is 0 Å². The molecule has 0 N–H and O–H groups in total. The first-order valence-corrected chi connectivity index (χ1v) is 6.32. The fraction of sp³-hybridized carbons (Fsp3) is 0.778. The molecule has 1 aromatic heterocycles. The van der Waals surface area contributed by atoms with Crippen LogP contribution in [0.4, 0.5) is 0 Å². The number of hydrogen-bond acceptors (Lipinski definition) is 3. The third-order valence-corrected chi connectivity index (χ3v) is 4.81. The van der Waals surface area contributed by atoms with Crippen molar-refractivity contribution in [3.63, 3.8) is 0 Å². The molecule has 3 atom stereocenters. The number of alkyl halides is 1. The molecule has 72 valence electrons. The zero-order valence-corrected chi connectivity index (χ0v) is 10.0. The van der Waals surface area contributed by atoms with Gasteiger partial charge in [0, 0.05) is 4.83 Å². The van der Waals surface area contributed by atoms with E-state index in [1.54, 1.807) is 0 Å². The molecule has 4 heteroatoms. The van der Waals surface area contributed by atoms with E-state index in [4.69, 9.17) is 0 Å². The molecular weight excluding hydrogens is 248 g/mol. The number of rotatable bonds is 2. The lowest BCUT2D eigenvalue weighted by atomic mass is 9.93. The molecule has 0 bridgehead atoms. The zero-order chi connectivity index (χ0) is 9.26. The molecule has 0 aliphatic heterocycles. The van der Waals surface area contributed by atoms with Gasteiger partial charge < -0.3 is 0 Å². The highest BCUT2D eigenvalue weighted by atomic mass is 79.9. The van der Waals surface area contributed by atoms with Crippen molar-refractivity contribution in [3.05, 3.63) is 11.9 Å². The third kappa shape index (κ3) is 2.10. The molecule has 1 aliphatic rings. The van der Waals surface area contributed by atoms with Crippen molar-refractivity contribution >= 4 is 27.7 Å². The number of nitrogens with zero attached hydrogens (tertiary/aromatic N) is 2. The topological polar surface area (TPSA) is 25.8 Å². The summed E-state index contributed by atoms with van der Waals surface area (Å²) in [6.07, 6.45) is 5.65. The molecule has 0 saturated heterocycles. The van der Waals surface area contributed by atoms with Crippen LogP contribution in [0.15, 0.2) is 6.20 Å². The minimum atomic E-state index is 0.712. The normalized spacial score (nSPS) is 33.8. The first-order chi connectivity index (χ1) is 6.27. The van der Waals surface area contributed by atoms with Crippen molar-refractivity contribution in [3.8, 4) is 0 Å². The van der Waals surface area contributed by atoms with E-state index in [-0.39, 0.29) is 0 Å². The predicted octanol–water partition coefficient (Wildman–Crippen LogP) is 2.89. The van der Waals surface area contributed by atoms with Crippen LogP contribution in [-0.4, -0.2) is 13.6 Å². The van der Waals surface area contributed by atoms with Gasteiger partial charge in [-0.2, -0.15) is 8.75 Å². The van der Waals surface area contributed by atoms with Crippen LogP contribution < -0.4 is 0 Å². The van der Waals surface area contributed by atoms with Gasteiger partial charge in [0.2, 0.25) is 0 Å². The second-order valence-corrected chi connectivity index (χ2v) is 5.55. The van der Waals surface area contributed by atoms with Gasteiger partial charge in [-0.3, -0.25) is 0 Å². The average molecular weight is 261 g/mol. The van der Waals surface area contributed by atoms with Crippen LogP contribution in [0.5, 0.6) is 0 Å². The summed E-state index contributed by atoms with van der Waals surface area (Å²) in [5, 5.41) is 0. The maximum atomic E-state index is 4.25. The molecule has 0 aromatic carbocycles. The van der Waals surface area contributed by atoms with Crippen LogP contribution in [0, 0.1) is 11.8 Å². The van der Waals surface area contributed by atoms with E-state index >= 15 is 0 Å². The third-order valence-electron chi connectivity index (χ3n) is 3.01. The van der Waals surface area contributed by atoms with Crippen LogP contribution >= 0.6 is 27.7 Å². The minimum absolute atomic E-state index is 0.712. The smallest absolute Gasteiger partial charge is 0.0745 e. The van der Waals surface area contributed by atoms with E-state index < -0.39 is 0 Å². The zero-order valence-electron chi connectivity index (χ0n) is 7.61. The Morgan fingerprint density at radius 3 is 3.00 bits per heavy atom. The first kappa shape index (κ1) is 9.59. The lowest BCUT2D eigenvalue weighted by Gasteiger charge is -2.15. The van der Waals surface area contributed by atoms with E-state index in [2.05, 4.69) is 31.6 Å².